The molecule has 3 aliphatic rings. The number of imide groups is 1. The lowest BCUT2D eigenvalue weighted by atomic mass is 9.83. The summed E-state index contributed by atoms with van der Waals surface area (Å²) >= 11 is 0. The van der Waals surface area contributed by atoms with Crippen LogP contribution in [-0.4, -0.2) is 47.0 Å². The van der Waals surface area contributed by atoms with Gasteiger partial charge in [-0.1, -0.05) is 54.6 Å². The van der Waals surface area contributed by atoms with Gasteiger partial charge >= 0.3 is 0 Å². The number of nitrogens with zero attached hydrogens (tertiary/aromatic N) is 2. The standard InChI is InChI=1S/C22H20N2O3/c1-23-21(26)16-17(22(23)27)19(20(25)14-8-3-2-4-9-14)24-12-11-13-7-5-6-10-15(13)18(16)24/h2-10,16-19H,11-12H2,1H3/t16-,17+,18+,19-/m1/s1. The molecule has 5 rings (SSSR count). The molecule has 2 saturated heterocycles. The van der Waals surface area contributed by atoms with Crippen LogP contribution in [0.1, 0.15) is 27.5 Å². The molecule has 27 heavy (non-hydrogen) atoms. The van der Waals surface area contributed by atoms with E-state index in [9.17, 15) is 14.4 Å². The van der Waals surface area contributed by atoms with Gasteiger partial charge in [-0.05, 0) is 17.5 Å². The fraction of sp³-hybridized carbons (Fsp3) is 0.318. The van der Waals surface area contributed by atoms with Crippen LogP contribution in [0, 0.1) is 11.8 Å². The third-order valence-electron chi connectivity index (χ3n) is 6.35. The first-order valence-corrected chi connectivity index (χ1v) is 9.34. The van der Waals surface area contributed by atoms with E-state index in [1.54, 1.807) is 12.1 Å². The molecule has 2 fully saturated rings. The summed E-state index contributed by atoms with van der Waals surface area (Å²) in [7, 11) is 1.53. The molecule has 5 heteroatoms. The number of Topliss-reactive ketones (excluding diaryl/α,β-unsaturated/α-hetero) is 1. The molecule has 2 amide bonds. The molecule has 5 nitrogen and oxygen atoms in total. The second kappa shape index (κ2) is 5.86. The summed E-state index contributed by atoms with van der Waals surface area (Å²) in [6.45, 7) is 0.683. The Hall–Kier alpha value is -2.79. The fourth-order valence-electron chi connectivity index (χ4n) is 5.15. The molecular formula is C22H20N2O3. The minimum absolute atomic E-state index is 0.0658. The molecule has 0 N–H and O–H groups in total. The van der Waals surface area contributed by atoms with Gasteiger partial charge in [0, 0.05) is 25.2 Å². The largest absolute Gasteiger partial charge is 0.292 e. The first kappa shape index (κ1) is 16.4. The van der Waals surface area contributed by atoms with E-state index >= 15 is 0 Å². The Labute approximate surface area is 157 Å². The van der Waals surface area contributed by atoms with Crippen LogP contribution >= 0.6 is 0 Å². The Bertz CT molecular complexity index is 955. The number of benzene rings is 2. The smallest absolute Gasteiger partial charge is 0.234 e. The summed E-state index contributed by atoms with van der Waals surface area (Å²) in [5.74, 6) is -1.55. The van der Waals surface area contributed by atoms with Crippen LogP contribution in [0.2, 0.25) is 0 Å². The molecule has 0 aromatic heterocycles. The number of ketones is 1. The summed E-state index contributed by atoms with van der Waals surface area (Å²) in [6, 6.07) is 16.4. The molecule has 136 valence electrons. The van der Waals surface area contributed by atoms with E-state index in [0.717, 1.165) is 12.0 Å². The second-order valence-electron chi connectivity index (χ2n) is 7.59. The average molecular weight is 360 g/mol. The van der Waals surface area contributed by atoms with E-state index in [0.29, 0.717) is 12.1 Å². The highest BCUT2D eigenvalue weighted by Gasteiger charge is 2.63. The molecule has 0 aliphatic carbocycles. The molecule has 2 aromatic rings. The lowest BCUT2D eigenvalue weighted by molar-refractivity contribution is -0.139. The van der Waals surface area contributed by atoms with Gasteiger partial charge in [0.15, 0.2) is 5.78 Å². The van der Waals surface area contributed by atoms with Gasteiger partial charge in [-0.3, -0.25) is 24.2 Å². The molecule has 3 aliphatic heterocycles. The second-order valence-corrected chi connectivity index (χ2v) is 7.59. The van der Waals surface area contributed by atoms with Crippen molar-refractivity contribution in [2.45, 2.75) is 18.5 Å². The Morgan fingerprint density at radius 3 is 2.37 bits per heavy atom. The quantitative estimate of drug-likeness (QED) is 0.608. The number of amides is 2. The van der Waals surface area contributed by atoms with Crippen LogP contribution in [0.4, 0.5) is 0 Å². The van der Waals surface area contributed by atoms with Crippen LogP contribution in [0.5, 0.6) is 0 Å². The third-order valence-corrected chi connectivity index (χ3v) is 6.35. The number of carbonyl (C=O) groups excluding carboxylic acids is 3. The number of rotatable bonds is 2. The molecule has 2 aromatic carbocycles. The van der Waals surface area contributed by atoms with Crippen molar-refractivity contribution < 1.29 is 14.4 Å². The molecule has 0 saturated carbocycles. The van der Waals surface area contributed by atoms with Crippen LogP contribution < -0.4 is 0 Å². The number of fused-ring (bicyclic) bond motifs is 5. The normalized spacial score (nSPS) is 29.4. The first-order chi connectivity index (χ1) is 13.1. The lowest BCUT2D eigenvalue weighted by Crippen LogP contribution is -2.47. The zero-order chi connectivity index (χ0) is 18.7. The lowest BCUT2D eigenvalue weighted by Gasteiger charge is -2.37. The summed E-state index contributed by atoms with van der Waals surface area (Å²) < 4.78 is 0. The predicted molar refractivity (Wildman–Crippen MR) is 98.9 cm³/mol. The predicted octanol–water partition coefficient (Wildman–Crippen LogP) is 2.08. The summed E-state index contributed by atoms with van der Waals surface area (Å²) in [6.07, 6.45) is 0.822. The third kappa shape index (κ3) is 2.18. The Kier molecular flexibility index (Phi) is 3.56. The molecule has 0 radical (unpaired) electrons. The van der Waals surface area contributed by atoms with E-state index < -0.39 is 17.9 Å². The number of carbonyl (C=O) groups is 3. The van der Waals surface area contributed by atoms with E-state index in [1.807, 2.05) is 36.4 Å². The van der Waals surface area contributed by atoms with Crippen molar-refractivity contribution in [3.8, 4) is 0 Å². The Morgan fingerprint density at radius 2 is 1.59 bits per heavy atom. The fourth-order valence-corrected chi connectivity index (χ4v) is 5.15. The number of hydrogen-bond donors (Lipinski definition) is 0. The van der Waals surface area contributed by atoms with E-state index in [1.165, 1.54) is 17.5 Å². The van der Waals surface area contributed by atoms with Gasteiger partial charge in [0.1, 0.15) is 0 Å². The highest BCUT2D eigenvalue weighted by atomic mass is 16.2. The van der Waals surface area contributed by atoms with Gasteiger partial charge in [0.2, 0.25) is 11.8 Å². The van der Waals surface area contributed by atoms with E-state index in [-0.39, 0.29) is 23.6 Å². The zero-order valence-electron chi connectivity index (χ0n) is 15.0. The van der Waals surface area contributed by atoms with Crippen molar-refractivity contribution in [2.75, 3.05) is 13.6 Å². The van der Waals surface area contributed by atoms with Crippen molar-refractivity contribution in [2.24, 2.45) is 11.8 Å². The first-order valence-electron chi connectivity index (χ1n) is 9.34. The summed E-state index contributed by atoms with van der Waals surface area (Å²) in [5.41, 5.74) is 2.88. The van der Waals surface area contributed by atoms with Crippen molar-refractivity contribution in [3.63, 3.8) is 0 Å². The van der Waals surface area contributed by atoms with Gasteiger partial charge in [0.25, 0.3) is 0 Å². The molecule has 0 bridgehead atoms. The number of likely N-dealkylation sites (tertiary alicyclic amines) is 1. The van der Waals surface area contributed by atoms with Gasteiger partial charge in [-0.2, -0.15) is 0 Å². The summed E-state index contributed by atoms with van der Waals surface area (Å²) in [4.78, 5) is 42.6. The van der Waals surface area contributed by atoms with Crippen LogP contribution in [0.15, 0.2) is 54.6 Å². The highest BCUT2D eigenvalue weighted by molar-refractivity contribution is 6.11. The monoisotopic (exact) mass is 360 g/mol. The minimum atomic E-state index is -0.605. The topological polar surface area (TPSA) is 57.7 Å². The molecule has 4 atom stereocenters. The Morgan fingerprint density at radius 1 is 0.926 bits per heavy atom. The van der Waals surface area contributed by atoms with Crippen LogP contribution in [-0.2, 0) is 16.0 Å². The van der Waals surface area contributed by atoms with E-state index in [4.69, 9.17) is 0 Å². The van der Waals surface area contributed by atoms with E-state index in [2.05, 4.69) is 11.0 Å². The Balaban J connectivity index is 1.65. The maximum absolute atomic E-state index is 13.4. The van der Waals surface area contributed by atoms with Gasteiger partial charge in [-0.25, -0.2) is 0 Å². The van der Waals surface area contributed by atoms with Crippen molar-refractivity contribution in [1.29, 1.82) is 0 Å². The molecular weight excluding hydrogens is 340 g/mol. The molecule has 3 heterocycles. The van der Waals surface area contributed by atoms with Gasteiger partial charge in [0.05, 0.1) is 17.9 Å². The van der Waals surface area contributed by atoms with Crippen LogP contribution in [0.3, 0.4) is 0 Å². The zero-order valence-corrected chi connectivity index (χ0v) is 15.0. The van der Waals surface area contributed by atoms with Crippen molar-refractivity contribution in [3.05, 3.63) is 71.3 Å². The average Bonchev–Trinajstić information content (AvgIpc) is 3.17. The summed E-state index contributed by atoms with van der Waals surface area (Å²) in [5, 5.41) is 0. The number of hydrogen-bond acceptors (Lipinski definition) is 4. The van der Waals surface area contributed by atoms with Crippen LogP contribution in [0.25, 0.3) is 0 Å². The SMILES string of the molecule is CN1C(=O)[C@@H]2[C@H](C1=O)[C@H](C(=O)c1ccccc1)N1CCc3ccccc3[C@@H]21. The van der Waals surface area contributed by atoms with Crippen molar-refractivity contribution in [1.82, 2.24) is 9.80 Å². The van der Waals surface area contributed by atoms with Gasteiger partial charge < -0.3 is 0 Å². The maximum atomic E-state index is 13.4. The van der Waals surface area contributed by atoms with Gasteiger partial charge in [-0.15, -0.1) is 0 Å². The molecule has 0 spiro atoms. The molecule has 0 unspecified atom stereocenters. The maximum Gasteiger partial charge on any atom is 0.234 e. The highest BCUT2D eigenvalue weighted by Crippen LogP contribution is 2.52. The minimum Gasteiger partial charge on any atom is -0.292 e. The van der Waals surface area contributed by atoms with Crippen molar-refractivity contribution >= 4 is 17.6 Å².